The molecular weight excluding hydrogens is 484 g/mol. The zero-order valence-corrected chi connectivity index (χ0v) is 22.7. The number of rotatable bonds is 7. The molecular formula is C29H36N4O5. The monoisotopic (exact) mass is 520 g/mol. The van der Waals surface area contributed by atoms with Crippen LogP contribution in [0.2, 0.25) is 0 Å². The molecule has 2 aromatic carbocycles. The van der Waals surface area contributed by atoms with Crippen LogP contribution in [-0.2, 0) is 9.53 Å². The van der Waals surface area contributed by atoms with E-state index in [1.165, 1.54) is 4.90 Å². The maximum Gasteiger partial charge on any atom is 0.338 e. The molecule has 3 amide bonds. The summed E-state index contributed by atoms with van der Waals surface area (Å²) >= 11 is 0. The number of hydrogen-bond donors (Lipinski definition) is 1. The van der Waals surface area contributed by atoms with Crippen molar-refractivity contribution < 1.29 is 23.9 Å². The van der Waals surface area contributed by atoms with Crippen LogP contribution >= 0.6 is 0 Å². The first-order chi connectivity index (χ1) is 18.2. The number of amides is 3. The van der Waals surface area contributed by atoms with Crippen molar-refractivity contribution in [1.29, 1.82) is 0 Å². The molecule has 2 aromatic rings. The minimum atomic E-state index is -0.610. The van der Waals surface area contributed by atoms with Crippen LogP contribution < -0.4 is 10.1 Å². The molecule has 1 fully saturated rings. The van der Waals surface area contributed by atoms with Crippen molar-refractivity contribution in [3.8, 4) is 5.75 Å². The Kier molecular flexibility index (Phi) is 8.36. The van der Waals surface area contributed by atoms with Crippen LogP contribution in [-0.4, -0.2) is 85.6 Å². The number of nitrogens with one attached hydrogen (secondary N) is 1. The van der Waals surface area contributed by atoms with Crippen molar-refractivity contribution in [1.82, 2.24) is 20.0 Å². The van der Waals surface area contributed by atoms with Crippen molar-refractivity contribution in [3.05, 3.63) is 76.5 Å². The number of esters is 1. The molecule has 2 heterocycles. The SMILES string of the molecule is CCOC(=O)C1=C(CN2CCN(C(=O)c3cccc(OC)c3)[C@H](C)C2)N(C)C(=O)N[C@@H]1c1ccc(C)cc1. The minimum Gasteiger partial charge on any atom is -0.497 e. The van der Waals surface area contributed by atoms with Crippen molar-refractivity contribution >= 4 is 17.9 Å². The Hall–Kier alpha value is -3.85. The van der Waals surface area contributed by atoms with Gasteiger partial charge in [-0.1, -0.05) is 35.9 Å². The van der Waals surface area contributed by atoms with E-state index < -0.39 is 12.0 Å². The van der Waals surface area contributed by atoms with Gasteiger partial charge in [-0.05, 0) is 44.5 Å². The topological polar surface area (TPSA) is 91.4 Å². The van der Waals surface area contributed by atoms with Crippen molar-refractivity contribution in [2.24, 2.45) is 0 Å². The fourth-order valence-corrected chi connectivity index (χ4v) is 5.02. The van der Waals surface area contributed by atoms with Crippen LogP contribution in [0.3, 0.4) is 0 Å². The maximum atomic E-state index is 13.2. The van der Waals surface area contributed by atoms with Gasteiger partial charge in [0.25, 0.3) is 5.91 Å². The van der Waals surface area contributed by atoms with Gasteiger partial charge in [0.05, 0.1) is 25.3 Å². The predicted molar refractivity (Wildman–Crippen MR) is 144 cm³/mol. The second-order valence-electron chi connectivity index (χ2n) is 9.75. The molecule has 202 valence electrons. The van der Waals surface area contributed by atoms with E-state index in [2.05, 4.69) is 10.2 Å². The van der Waals surface area contributed by atoms with E-state index >= 15 is 0 Å². The molecule has 0 bridgehead atoms. The van der Waals surface area contributed by atoms with Crippen molar-refractivity contribution in [2.75, 3.05) is 46.9 Å². The van der Waals surface area contributed by atoms with E-state index in [0.717, 1.165) is 11.1 Å². The van der Waals surface area contributed by atoms with Crippen LogP contribution in [0.15, 0.2) is 59.8 Å². The zero-order valence-electron chi connectivity index (χ0n) is 22.7. The van der Waals surface area contributed by atoms with Gasteiger partial charge >= 0.3 is 12.0 Å². The number of methoxy groups -OCH3 is 1. The second kappa shape index (κ2) is 11.7. The Bertz CT molecular complexity index is 1230. The van der Waals surface area contributed by atoms with E-state index in [4.69, 9.17) is 9.47 Å². The third-order valence-corrected chi connectivity index (χ3v) is 7.15. The van der Waals surface area contributed by atoms with Crippen molar-refractivity contribution in [2.45, 2.75) is 32.9 Å². The summed E-state index contributed by atoms with van der Waals surface area (Å²) in [6.45, 7) is 8.11. The molecule has 2 aliphatic rings. The summed E-state index contributed by atoms with van der Waals surface area (Å²) in [4.78, 5) is 45.0. The first-order valence-corrected chi connectivity index (χ1v) is 12.9. The molecule has 0 unspecified atom stereocenters. The largest absolute Gasteiger partial charge is 0.497 e. The highest BCUT2D eigenvalue weighted by Gasteiger charge is 2.38. The minimum absolute atomic E-state index is 0.0453. The lowest BCUT2D eigenvalue weighted by Gasteiger charge is -2.42. The highest BCUT2D eigenvalue weighted by atomic mass is 16.5. The summed E-state index contributed by atoms with van der Waals surface area (Å²) in [5.74, 6) is 0.151. The van der Waals surface area contributed by atoms with Crippen LogP contribution in [0.5, 0.6) is 5.75 Å². The summed E-state index contributed by atoms with van der Waals surface area (Å²) in [6, 6.07) is 14.0. The molecule has 2 aliphatic heterocycles. The van der Waals surface area contributed by atoms with Gasteiger partial charge in [-0.25, -0.2) is 9.59 Å². The van der Waals surface area contributed by atoms with E-state index in [0.29, 0.717) is 48.8 Å². The van der Waals surface area contributed by atoms with Crippen LogP contribution in [0.4, 0.5) is 4.79 Å². The van der Waals surface area contributed by atoms with E-state index in [1.54, 1.807) is 33.2 Å². The van der Waals surface area contributed by atoms with Gasteiger partial charge in [-0.2, -0.15) is 0 Å². The molecule has 9 heteroatoms. The molecule has 1 saturated heterocycles. The molecule has 4 rings (SSSR count). The van der Waals surface area contributed by atoms with Crippen molar-refractivity contribution in [3.63, 3.8) is 0 Å². The molecule has 9 nitrogen and oxygen atoms in total. The number of urea groups is 1. The molecule has 2 atom stereocenters. The Balaban J connectivity index is 1.58. The van der Waals surface area contributed by atoms with Gasteiger partial charge in [0.2, 0.25) is 0 Å². The normalized spacial score (nSPS) is 20.3. The average molecular weight is 521 g/mol. The first kappa shape index (κ1) is 27.2. The summed E-state index contributed by atoms with van der Waals surface area (Å²) in [7, 11) is 3.25. The van der Waals surface area contributed by atoms with Crippen LogP contribution in [0.1, 0.15) is 41.4 Å². The Morgan fingerprint density at radius 3 is 2.50 bits per heavy atom. The van der Waals surface area contributed by atoms with Gasteiger partial charge < -0.3 is 19.7 Å². The summed E-state index contributed by atoms with van der Waals surface area (Å²) in [6.07, 6.45) is 0. The number of nitrogens with zero attached hydrogens (tertiary/aromatic N) is 3. The highest BCUT2D eigenvalue weighted by molar-refractivity contribution is 5.96. The predicted octanol–water partition coefficient (Wildman–Crippen LogP) is 3.36. The Morgan fingerprint density at radius 1 is 1.11 bits per heavy atom. The second-order valence-corrected chi connectivity index (χ2v) is 9.75. The quantitative estimate of drug-likeness (QED) is 0.563. The molecule has 0 aromatic heterocycles. The third kappa shape index (κ3) is 5.67. The number of benzene rings is 2. The van der Waals surface area contributed by atoms with Gasteiger partial charge in [-0.15, -0.1) is 0 Å². The standard InChI is InChI=1S/C29H36N4O5/c1-6-38-28(35)25-24(31(4)29(36)30-26(25)21-12-10-19(2)11-13-21)18-32-14-15-33(20(3)17-32)27(34)22-8-7-9-23(16-22)37-5/h7-13,16,20,26H,6,14-15,17-18H2,1-5H3,(H,30,36)/t20-,26-/m1/s1. The molecule has 0 radical (unpaired) electrons. The number of ether oxygens (including phenoxy) is 2. The molecule has 0 spiro atoms. The molecule has 1 N–H and O–H groups in total. The number of hydrogen-bond acceptors (Lipinski definition) is 6. The highest BCUT2D eigenvalue weighted by Crippen LogP contribution is 2.32. The number of piperazine rings is 1. The molecule has 0 saturated carbocycles. The number of aryl methyl sites for hydroxylation is 1. The van der Waals surface area contributed by atoms with Gasteiger partial charge in [0.1, 0.15) is 5.75 Å². The number of carbonyl (C=O) groups is 3. The Labute approximate surface area is 224 Å². The lowest BCUT2D eigenvalue weighted by molar-refractivity contribution is -0.139. The molecule has 0 aliphatic carbocycles. The summed E-state index contributed by atoms with van der Waals surface area (Å²) in [5, 5.41) is 2.96. The maximum absolute atomic E-state index is 13.2. The fraction of sp³-hybridized carbons (Fsp3) is 0.414. The van der Waals surface area contributed by atoms with Gasteiger partial charge in [0.15, 0.2) is 0 Å². The molecule has 38 heavy (non-hydrogen) atoms. The van der Waals surface area contributed by atoms with E-state index in [-0.39, 0.29) is 24.6 Å². The smallest absolute Gasteiger partial charge is 0.338 e. The third-order valence-electron chi connectivity index (χ3n) is 7.15. The van der Waals surface area contributed by atoms with Crippen LogP contribution in [0, 0.1) is 6.92 Å². The Morgan fingerprint density at radius 2 is 1.84 bits per heavy atom. The zero-order chi connectivity index (χ0) is 27.4. The average Bonchev–Trinajstić information content (AvgIpc) is 2.91. The lowest BCUT2D eigenvalue weighted by Crippen LogP contribution is -2.56. The first-order valence-electron chi connectivity index (χ1n) is 12.9. The summed E-state index contributed by atoms with van der Waals surface area (Å²) < 4.78 is 10.7. The summed E-state index contributed by atoms with van der Waals surface area (Å²) in [5.41, 5.74) is 3.53. The van der Waals surface area contributed by atoms with Gasteiger partial charge in [0, 0.05) is 50.5 Å². The fourth-order valence-electron chi connectivity index (χ4n) is 5.02. The van der Waals surface area contributed by atoms with E-state index in [9.17, 15) is 14.4 Å². The van der Waals surface area contributed by atoms with Gasteiger partial charge in [-0.3, -0.25) is 14.6 Å². The lowest BCUT2D eigenvalue weighted by atomic mass is 9.93. The van der Waals surface area contributed by atoms with Crippen LogP contribution in [0.25, 0.3) is 0 Å². The van der Waals surface area contributed by atoms with E-state index in [1.807, 2.05) is 55.1 Å². The number of likely N-dealkylation sites (N-methyl/N-ethyl adjacent to an activating group) is 1. The number of carbonyl (C=O) groups excluding carboxylic acids is 3.